The molecule has 1 aromatic carbocycles. The number of nitrogens with one attached hydrogen (secondary N) is 1. The Labute approximate surface area is 150 Å². The second-order valence-corrected chi connectivity index (χ2v) is 8.77. The highest BCUT2D eigenvalue weighted by Gasteiger charge is 2.14. The monoisotopic (exact) mass is 381 g/mol. The van der Waals surface area contributed by atoms with Crippen molar-refractivity contribution in [2.45, 2.75) is 18.7 Å². The zero-order chi connectivity index (χ0) is 18.4. The average molecular weight is 381 g/mol. The van der Waals surface area contributed by atoms with Gasteiger partial charge in [0.15, 0.2) is 16.4 Å². The van der Waals surface area contributed by atoms with E-state index in [0.717, 1.165) is 11.1 Å². The summed E-state index contributed by atoms with van der Waals surface area (Å²) < 4.78 is 27.5. The van der Waals surface area contributed by atoms with Crippen molar-refractivity contribution in [3.05, 3.63) is 57.8 Å². The van der Waals surface area contributed by atoms with E-state index in [9.17, 15) is 18.0 Å². The van der Waals surface area contributed by atoms with Crippen LogP contribution in [0, 0.1) is 0 Å². The molecule has 134 valence electrons. The summed E-state index contributed by atoms with van der Waals surface area (Å²) in [5, 5.41) is 4.67. The van der Waals surface area contributed by atoms with Crippen LogP contribution in [-0.4, -0.2) is 33.2 Å². The van der Waals surface area contributed by atoms with Crippen molar-refractivity contribution >= 4 is 33.1 Å². The van der Waals surface area contributed by atoms with Crippen LogP contribution in [0.1, 0.15) is 33.8 Å². The molecule has 0 spiro atoms. The third kappa shape index (κ3) is 6.32. The number of sulfone groups is 1. The first-order chi connectivity index (χ1) is 11.7. The number of hydrogen-bond donors (Lipinski definition) is 1. The molecule has 25 heavy (non-hydrogen) atoms. The van der Waals surface area contributed by atoms with Crippen molar-refractivity contribution in [1.82, 2.24) is 5.32 Å². The van der Waals surface area contributed by atoms with Gasteiger partial charge in [0, 0.05) is 11.1 Å². The Kier molecular flexibility index (Phi) is 6.33. The first kappa shape index (κ1) is 19.1. The number of carbonyl (C=O) groups is 2. The first-order valence-corrected chi connectivity index (χ1v) is 10.4. The first-order valence-electron chi connectivity index (χ1n) is 7.51. The Morgan fingerprint density at radius 1 is 1.20 bits per heavy atom. The Balaban J connectivity index is 1.84. The molecule has 0 radical (unpaired) electrons. The van der Waals surface area contributed by atoms with Gasteiger partial charge in [-0.15, -0.1) is 11.3 Å². The maximum Gasteiger partial charge on any atom is 0.338 e. The molecule has 1 aromatic heterocycles. The van der Waals surface area contributed by atoms with Gasteiger partial charge in [-0.3, -0.25) is 4.79 Å². The lowest BCUT2D eigenvalue weighted by Crippen LogP contribution is -2.30. The lowest BCUT2D eigenvalue weighted by Gasteiger charge is -2.12. The highest BCUT2D eigenvalue weighted by atomic mass is 32.2. The molecule has 0 aliphatic heterocycles. The minimum atomic E-state index is -3.13. The maximum absolute atomic E-state index is 11.9. The van der Waals surface area contributed by atoms with Gasteiger partial charge in [0.2, 0.25) is 0 Å². The molecular formula is C17H19NO5S2. The number of rotatable bonds is 7. The predicted molar refractivity (Wildman–Crippen MR) is 96.1 cm³/mol. The summed E-state index contributed by atoms with van der Waals surface area (Å²) in [5.74, 6) is -1.11. The fourth-order valence-electron chi connectivity index (χ4n) is 2.15. The van der Waals surface area contributed by atoms with Crippen LogP contribution in [0.2, 0.25) is 0 Å². The van der Waals surface area contributed by atoms with Crippen LogP contribution < -0.4 is 5.32 Å². The number of hydrogen-bond acceptors (Lipinski definition) is 6. The van der Waals surface area contributed by atoms with E-state index in [1.54, 1.807) is 12.1 Å². The average Bonchev–Trinajstić information content (AvgIpc) is 3.06. The molecule has 0 saturated heterocycles. The lowest BCUT2D eigenvalue weighted by molar-refractivity contribution is -0.124. The number of thiophene rings is 1. The van der Waals surface area contributed by atoms with Gasteiger partial charge < -0.3 is 10.1 Å². The van der Waals surface area contributed by atoms with E-state index >= 15 is 0 Å². The number of ether oxygens (including phenoxy) is 1. The normalized spacial score (nSPS) is 12.4. The third-order valence-electron chi connectivity index (χ3n) is 3.30. The van der Waals surface area contributed by atoms with Crippen molar-refractivity contribution in [2.24, 2.45) is 0 Å². The van der Waals surface area contributed by atoms with Crippen molar-refractivity contribution in [1.29, 1.82) is 0 Å². The Morgan fingerprint density at radius 2 is 1.88 bits per heavy atom. The van der Waals surface area contributed by atoms with E-state index in [4.69, 9.17) is 4.74 Å². The van der Waals surface area contributed by atoms with E-state index in [1.165, 1.54) is 23.5 Å². The van der Waals surface area contributed by atoms with Gasteiger partial charge in [0.25, 0.3) is 5.91 Å². The number of benzene rings is 1. The molecule has 1 amide bonds. The molecule has 8 heteroatoms. The fourth-order valence-corrected chi connectivity index (χ4v) is 3.68. The molecule has 1 heterocycles. The summed E-state index contributed by atoms with van der Waals surface area (Å²) in [5.41, 5.74) is 0.845. The number of amides is 1. The van der Waals surface area contributed by atoms with Crippen LogP contribution in [0.4, 0.5) is 0 Å². The Morgan fingerprint density at radius 3 is 2.44 bits per heavy atom. The highest BCUT2D eigenvalue weighted by molar-refractivity contribution is 7.89. The van der Waals surface area contributed by atoms with Crippen LogP contribution >= 0.6 is 11.3 Å². The molecule has 0 aliphatic rings. The van der Waals surface area contributed by atoms with Crippen molar-refractivity contribution in [3.63, 3.8) is 0 Å². The molecule has 0 aliphatic carbocycles. The topological polar surface area (TPSA) is 89.5 Å². The quantitative estimate of drug-likeness (QED) is 0.744. The lowest BCUT2D eigenvalue weighted by atomic mass is 10.1. The summed E-state index contributed by atoms with van der Waals surface area (Å²) in [4.78, 5) is 24.8. The number of esters is 1. The van der Waals surface area contributed by atoms with Gasteiger partial charge >= 0.3 is 5.97 Å². The minimum absolute atomic E-state index is 0.0919. The highest BCUT2D eigenvalue weighted by Crippen LogP contribution is 2.17. The molecule has 1 atom stereocenters. The minimum Gasteiger partial charge on any atom is -0.452 e. The summed E-state index contributed by atoms with van der Waals surface area (Å²) in [6.45, 7) is 1.48. The van der Waals surface area contributed by atoms with Gasteiger partial charge in [-0.05, 0) is 36.1 Å². The van der Waals surface area contributed by atoms with Gasteiger partial charge in [-0.25, -0.2) is 13.2 Å². The zero-order valence-electron chi connectivity index (χ0n) is 13.9. The molecule has 0 fully saturated rings. The molecular weight excluding hydrogens is 362 g/mol. The molecule has 0 bridgehead atoms. The van der Waals surface area contributed by atoms with Crippen LogP contribution in [0.15, 0.2) is 41.8 Å². The second kappa shape index (κ2) is 8.26. The van der Waals surface area contributed by atoms with Crippen LogP contribution in [-0.2, 0) is 25.1 Å². The van der Waals surface area contributed by atoms with E-state index < -0.39 is 15.8 Å². The summed E-state index contributed by atoms with van der Waals surface area (Å²) >= 11 is 1.53. The van der Waals surface area contributed by atoms with Crippen LogP contribution in [0.3, 0.4) is 0 Å². The van der Waals surface area contributed by atoms with Crippen LogP contribution in [0.5, 0.6) is 0 Å². The van der Waals surface area contributed by atoms with E-state index in [2.05, 4.69) is 5.32 Å². The summed E-state index contributed by atoms with van der Waals surface area (Å²) in [7, 11) is -3.13. The molecule has 2 aromatic rings. The molecule has 6 nitrogen and oxygen atoms in total. The van der Waals surface area contributed by atoms with E-state index in [0.29, 0.717) is 5.56 Å². The Hall–Kier alpha value is -2.19. The fraction of sp³-hybridized carbons (Fsp3) is 0.294. The van der Waals surface area contributed by atoms with Gasteiger partial charge in [0.05, 0.1) is 17.4 Å². The molecule has 2 rings (SSSR count). The number of carbonyl (C=O) groups excluding carboxylic acids is 2. The largest absolute Gasteiger partial charge is 0.452 e. The maximum atomic E-state index is 11.9. The van der Waals surface area contributed by atoms with E-state index in [1.807, 2.05) is 24.4 Å². The second-order valence-electron chi connectivity index (χ2n) is 5.65. The predicted octanol–water partition coefficient (Wildman–Crippen LogP) is 2.33. The third-order valence-corrected chi connectivity index (χ3v) is 5.21. The Bertz CT molecular complexity index is 826. The standard InChI is InChI=1S/C17H19NO5S2/c1-12(15-4-3-9-24-15)18-16(19)10-23-17(20)14-7-5-13(6-8-14)11-25(2,21)22/h3-9,12H,10-11H2,1-2H3,(H,18,19)/t12-/m0/s1. The van der Waals surface area contributed by atoms with E-state index in [-0.39, 0.29) is 29.9 Å². The van der Waals surface area contributed by atoms with Gasteiger partial charge in [-0.2, -0.15) is 0 Å². The molecule has 1 N–H and O–H groups in total. The van der Waals surface area contributed by atoms with Gasteiger partial charge in [-0.1, -0.05) is 18.2 Å². The van der Waals surface area contributed by atoms with Gasteiger partial charge in [0.1, 0.15) is 0 Å². The zero-order valence-corrected chi connectivity index (χ0v) is 15.5. The van der Waals surface area contributed by atoms with Crippen LogP contribution in [0.25, 0.3) is 0 Å². The molecule has 0 saturated carbocycles. The van der Waals surface area contributed by atoms with Crippen molar-refractivity contribution in [3.8, 4) is 0 Å². The van der Waals surface area contributed by atoms with Crippen molar-refractivity contribution in [2.75, 3.05) is 12.9 Å². The smallest absolute Gasteiger partial charge is 0.338 e. The van der Waals surface area contributed by atoms with Crippen molar-refractivity contribution < 1.29 is 22.7 Å². The SMILES string of the molecule is C[C@H](NC(=O)COC(=O)c1ccc(CS(C)(=O)=O)cc1)c1cccs1. The summed E-state index contributed by atoms with van der Waals surface area (Å²) in [6.07, 6.45) is 1.14. The summed E-state index contributed by atoms with van der Waals surface area (Å²) in [6, 6.07) is 9.73. The molecule has 0 unspecified atom stereocenters.